The molecule has 2 N–H and O–H groups in total. The van der Waals surface area contributed by atoms with Crippen LogP contribution in [0.1, 0.15) is 45.3 Å². The number of aryl methyl sites for hydroxylation is 1. The van der Waals surface area contributed by atoms with Crippen molar-refractivity contribution in [1.82, 2.24) is 15.0 Å². The monoisotopic (exact) mass is 509 g/mol. The van der Waals surface area contributed by atoms with Gasteiger partial charge in [0.1, 0.15) is 5.69 Å². The fourth-order valence-corrected chi connectivity index (χ4v) is 4.24. The van der Waals surface area contributed by atoms with Gasteiger partial charge in [-0.2, -0.15) is 0 Å². The van der Waals surface area contributed by atoms with Crippen LogP contribution in [0.25, 0.3) is 0 Å². The zero-order chi connectivity index (χ0) is 26.0. The van der Waals surface area contributed by atoms with Crippen molar-refractivity contribution in [2.24, 2.45) is 0 Å². The molecule has 3 rings (SSSR count). The Morgan fingerprint density at radius 1 is 0.889 bits per heavy atom. The van der Waals surface area contributed by atoms with Crippen LogP contribution in [0.4, 0.5) is 0 Å². The molecular weight excluding hydrogens is 482 g/mol. The van der Waals surface area contributed by atoms with Gasteiger partial charge in [-0.15, -0.1) is 0 Å². The number of carbonyl (C=O) groups excluding carboxylic acids is 3. The Labute approximate surface area is 210 Å². The number of sulfonamides is 1. The number of ether oxygens (including phenoxy) is 1. The van der Waals surface area contributed by atoms with Gasteiger partial charge in [-0.05, 0) is 55.2 Å². The second kappa shape index (κ2) is 12.6. The summed E-state index contributed by atoms with van der Waals surface area (Å²) in [5.41, 5.74) is 1.93. The molecule has 0 aliphatic rings. The fourth-order valence-electron chi connectivity index (χ4n) is 3.27. The van der Waals surface area contributed by atoms with Crippen LogP contribution in [0, 0.1) is 0 Å². The van der Waals surface area contributed by atoms with Gasteiger partial charge in [0.2, 0.25) is 5.91 Å². The molecule has 9 nitrogen and oxygen atoms in total. The molecule has 0 aliphatic heterocycles. The van der Waals surface area contributed by atoms with Crippen molar-refractivity contribution in [3.63, 3.8) is 0 Å². The lowest BCUT2D eigenvalue weighted by atomic mass is 10.1. The van der Waals surface area contributed by atoms with Gasteiger partial charge in [0.15, 0.2) is 0 Å². The van der Waals surface area contributed by atoms with E-state index in [1.54, 1.807) is 19.1 Å². The third-order valence-corrected chi connectivity index (χ3v) is 6.54. The van der Waals surface area contributed by atoms with Gasteiger partial charge in [0.05, 0.1) is 17.1 Å². The second-order valence-corrected chi connectivity index (χ2v) is 9.50. The Hall–Kier alpha value is -4.05. The predicted octanol–water partition coefficient (Wildman–Crippen LogP) is 2.67. The highest BCUT2D eigenvalue weighted by Gasteiger charge is 2.19. The molecule has 0 bridgehead atoms. The van der Waals surface area contributed by atoms with Gasteiger partial charge in [-0.1, -0.05) is 42.5 Å². The predicted molar refractivity (Wildman–Crippen MR) is 133 cm³/mol. The molecule has 0 unspecified atom stereocenters. The molecule has 0 spiro atoms. The minimum Gasteiger partial charge on any atom is -0.461 e. The van der Waals surface area contributed by atoms with Gasteiger partial charge >= 0.3 is 5.97 Å². The Kier molecular flexibility index (Phi) is 9.29. The Morgan fingerprint density at radius 2 is 1.58 bits per heavy atom. The van der Waals surface area contributed by atoms with E-state index in [4.69, 9.17) is 4.74 Å². The maximum absolute atomic E-state index is 12.6. The summed E-state index contributed by atoms with van der Waals surface area (Å²) in [4.78, 5) is 39.8. The summed E-state index contributed by atoms with van der Waals surface area (Å²) in [6.45, 7) is 2.26. The lowest BCUT2D eigenvalue weighted by Crippen LogP contribution is -2.30. The van der Waals surface area contributed by atoms with Crippen LogP contribution in [-0.2, 0) is 32.4 Å². The van der Waals surface area contributed by atoms with E-state index in [0.717, 1.165) is 17.3 Å². The highest BCUT2D eigenvalue weighted by atomic mass is 32.2. The van der Waals surface area contributed by atoms with Crippen LogP contribution in [0.3, 0.4) is 0 Å². The van der Waals surface area contributed by atoms with Gasteiger partial charge in [-0.3, -0.25) is 9.59 Å². The minimum absolute atomic E-state index is 0.0132. The number of benzene rings is 2. The summed E-state index contributed by atoms with van der Waals surface area (Å²) in [6, 6.07) is 18.4. The van der Waals surface area contributed by atoms with Crippen LogP contribution in [0.2, 0.25) is 0 Å². The maximum Gasteiger partial charge on any atom is 0.356 e. The standard InChI is InChI=1S/C26H27N3O6S/c1-2-35-26(32)23-14-11-21(18-28-23)25(31)29-36(33,34)22-12-8-20(9-13-22)16-17-27-24(30)15-10-19-6-4-3-5-7-19/h3-9,11-14,18H,2,10,15-17H2,1H3,(H,27,30)(H,29,31). The van der Waals surface area contributed by atoms with E-state index in [0.29, 0.717) is 25.8 Å². The molecule has 0 saturated heterocycles. The lowest BCUT2D eigenvalue weighted by Gasteiger charge is -2.09. The zero-order valence-corrected chi connectivity index (χ0v) is 20.6. The first kappa shape index (κ1) is 26.6. The molecule has 0 saturated carbocycles. The van der Waals surface area contributed by atoms with Crippen LogP contribution in [0.5, 0.6) is 0 Å². The molecule has 36 heavy (non-hydrogen) atoms. The highest BCUT2D eigenvalue weighted by molar-refractivity contribution is 7.90. The largest absolute Gasteiger partial charge is 0.461 e. The number of nitrogens with one attached hydrogen (secondary N) is 2. The number of aromatic nitrogens is 1. The van der Waals surface area contributed by atoms with Crippen LogP contribution in [0.15, 0.2) is 77.8 Å². The average Bonchev–Trinajstić information content (AvgIpc) is 2.88. The maximum atomic E-state index is 12.6. The Balaban J connectivity index is 1.49. The molecule has 10 heteroatoms. The van der Waals surface area contributed by atoms with E-state index in [1.165, 1.54) is 24.3 Å². The third kappa shape index (κ3) is 7.74. The molecule has 188 valence electrons. The number of nitrogens with zero attached hydrogens (tertiary/aromatic N) is 1. The summed E-state index contributed by atoms with van der Waals surface area (Å²) < 4.78 is 32.0. The number of hydrogen-bond donors (Lipinski definition) is 2. The molecule has 0 atom stereocenters. The fraction of sp³-hybridized carbons (Fsp3) is 0.231. The van der Waals surface area contributed by atoms with E-state index in [9.17, 15) is 22.8 Å². The van der Waals surface area contributed by atoms with Crippen LogP contribution in [-0.4, -0.2) is 44.3 Å². The molecule has 1 aromatic heterocycles. The number of hydrogen-bond acceptors (Lipinski definition) is 7. The van der Waals surface area contributed by atoms with Crippen molar-refractivity contribution >= 4 is 27.8 Å². The smallest absolute Gasteiger partial charge is 0.356 e. The number of pyridine rings is 1. The first-order chi connectivity index (χ1) is 17.3. The molecule has 2 amide bonds. The van der Waals surface area contributed by atoms with Crippen molar-refractivity contribution in [3.8, 4) is 0 Å². The van der Waals surface area contributed by atoms with Crippen molar-refractivity contribution < 1.29 is 27.5 Å². The second-order valence-electron chi connectivity index (χ2n) is 7.82. The first-order valence-electron chi connectivity index (χ1n) is 11.4. The van der Waals surface area contributed by atoms with Gasteiger partial charge < -0.3 is 10.1 Å². The molecular formula is C26H27N3O6S. The highest BCUT2D eigenvalue weighted by Crippen LogP contribution is 2.12. The van der Waals surface area contributed by atoms with Crippen molar-refractivity contribution in [2.75, 3.05) is 13.2 Å². The van der Waals surface area contributed by atoms with Gasteiger partial charge in [0.25, 0.3) is 15.9 Å². The molecule has 1 heterocycles. The summed E-state index contributed by atoms with van der Waals surface area (Å²) in [5, 5.41) is 2.86. The lowest BCUT2D eigenvalue weighted by molar-refractivity contribution is -0.121. The first-order valence-corrected chi connectivity index (χ1v) is 12.9. The van der Waals surface area contributed by atoms with E-state index in [2.05, 4.69) is 10.3 Å². The van der Waals surface area contributed by atoms with E-state index < -0.39 is 21.9 Å². The third-order valence-electron chi connectivity index (χ3n) is 5.19. The quantitative estimate of drug-likeness (QED) is 0.380. The minimum atomic E-state index is -4.12. The van der Waals surface area contributed by atoms with Gasteiger partial charge in [-0.25, -0.2) is 22.9 Å². The van der Waals surface area contributed by atoms with Crippen LogP contribution >= 0.6 is 0 Å². The summed E-state index contributed by atoms with van der Waals surface area (Å²) in [5.74, 6) is -1.56. The average molecular weight is 510 g/mol. The Morgan fingerprint density at radius 3 is 2.22 bits per heavy atom. The molecule has 3 aromatic rings. The SMILES string of the molecule is CCOC(=O)c1ccc(C(=O)NS(=O)(=O)c2ccc(CCNC(=O)CCc3ccccc3)cc2)cn1. The normalized spacial score (nSPS) is 10.9. The van der Waals surface area contributed by atoms with E-state index in [1.807, 2.05) is 35.1 Å². The van der Waals surface area contributed by atoms with Crippen molar-refractivity contribution in [2.45, 2.75) is 31.1 Å². The molecule has 2 aromatic carbocycles. The van der Waals surface area contributed by atoms with Crippen molar-refractivity contribution in [1.29, 1.82) is 0 Å². The number of esters is 1. The Bertz CT molecular complexity index is 1290. The summed E-state index contributed by atoms with van der Waals surface area (Å²) >= 11 is 0. The molecule has 0 aliphatic carbocycles. The summed E-state index contributed by atoms with van der Waals surface area (Å²) in [7, 11) is -4.12. The van der Waals surface area contributed by atoms with Crippen molar-refractivity contribution in [3.05, 3.63) is 95.3 Å². The zero-order valence-electron chi connectivity index (χ0n) is 19.8. The number of rotatable bonds is 11. The summed E-state index contributed by atoms with van der Waals surface area (Å²) in [6.07, 6.45) is 2.69. The number of carbonyl (C=O) groups is 3. The van der Waals surface area contributed by atoms with Gasteiger partial charge in [0, 0.05) is 19.2 Å². The molecule has 0 fully saturated rings. The number of amides is 2. The van der Waals surface area contributed by atoms with E-state index >= 15 is 0 Å². The van der Waals surface area contributed by atoms with Crippen LogP contribution < -0.4 is 10.0 Å². The van der Waals surface area contributed by atoms with E-state index in [-0.39, 0.29) is 28.7 Å². The molecule has 0 radical (unpaired) electrons. The topological polar surface area (TPSA) is 132 Å².